The highest BCUT2D eigenvalue weighted by molar-refractivity contribution is 6.18. The fourth-order valence-electron chi connectivity index (χ4n) is 0.259. The van der Waals surface area contributed by atoms with Crippen LogP contribution in [0.1, 0.15) is 0 Å². The van der Waals surface area contributed by atoms with Crippen molar-refractivity contribution >= 4 is 17.5 Å². The highest BCUT2D eigenvalue weighted by Gasteiger charge is 1.91. The van der Waals surface area contributed by atoms with Crippen LogP contribution in [0.25, 0.3) is 0 Å². The fraction of sp³-hybridized carbons (Fsp3) is 0.750. The maximum atomic E-state index is 10.3. The Balaban J connectivity index is 2.99. The first-order chi connectivity index (χ1) is 3.81. The van der Waals surface area contributed by atoms with Gasteiger partial charge in [-0.1, -0.05) is 0 Å². The second kappa shape index (κ2) is 4.87. The molecule has 4 heteroatoms. The van der Waals surface area contributed by atoms with E-state index in [2.05, 4.69) is 5.32 Å². The number of amides is 1. The number of nitrogens with two attached hydrogens (primary N) is 1. The standard InChI is InChI=1S/C4H9ClN2O/c5-1-2-7-4(8)3-6/h1-3,6H2,(H,7,8). The molecule has 0 bridgehead atoms. The van der Waals surface area contributed by atoms with Gasteiger partial charge in [0.1, 0.15) is 0 Å². The van der Waals surface area contributed by atoms with Crippen LogP contribution < -0.4 is 11.1 Å². The minimum Gasteiger partial charge on any atom is -0.354 e. The van der Waals surface area contributed by atoms with E-state index in [0.29, 0.717) is 12.4 Å². The van der Waals surface area contributed by atoms with Crippen molar-refractivity contribution in [2.24, 2.45) is 5.73 Å². The summed E-state index contributed by atoms with van der Waals surface area (Å²) in [6.45, 7) is 0.536. The van der Waals surface area contributed by atoms with Crippen molar-refractivity contribution < 1.29 is 4.79 Å². The molecule has 0 rings (SSSR count). The molecule has 0 aliphatic rings. The number of hydrogen-bond acceptors (Lipinski definition) is 2. The summed E-state index contributed by atoms with van der Waals surface area (Å²) in [6.07, 6.45) is 0. The van der Waals surface area contributed by atoms with E-state index in [1.807, 2.05) is 0 Å². The molecule has 0 aromatic heterocycles. The van der Waals surface area contributed by atoms with Gasteiger partial charge in [-0.25, -0.2) is 0 Å². The molecule has 0 unspecified atom stereocenters. The van der Waals surface area contributed by atoms with Crippen LogP contribution in [-0.2, 0) is 4.79 Å². The number of carbonyl (C=O) groups is 1. The quantitative estimate of drug-likeness (QED) is 0.505. The van der Waals surface area contributed by atoms with E-state index in [-0.39, 0.29) is 12.5 Å². The third-order valence-electron chi connectivity index (χ3n) is 0.602. The predicted octanol–water partition coefficient (Wildman–Crippen LogP) is -0.700. The van der Waals surface area contributed by atoms with Crippen molar-refractivity contribution in [3.05, 3.63) is 0 Å². The number of rotatable bonds is 3. The molecule has 0 aliphatic heterocycles. The second-order valence-corrected chi connectivity index (χ2v) is 1.62. The van der Waals surface area contributed by atoms with E-state index in [1.165, 1.54) is 0 Å². The minimum absolute atomic E-state index is 0.0386. The van der Waals surface area contributed by atoms with Crippen LogP contribution in [-0.4, -0.2) is 24.9 Å². The maximum absolute atomic E-state index is 10.3. The third-order valence-corrected chi connectivity index (χ3v) is 0.791. The molecular weight excluding hydrogens is 128 g/mol. The van der Waals surface area contributed by atoms with Crippen LogP contribution in [0.2, 0.25) is 0 Å². The van der Waals surface area contributed by atoms with Gasteiger partial charge >= 0.3 is 0 Å². The number of alkyl halides is 1. The molecule has 0 aromatic carbocycles. The average molecular weight is 137 g/mol. The summed E-state index contributed by atoms with van der Waals surface area (Å²) in [5.74, 6) is 0.275. The van der Waals surface area contributed by atoms with E-state index in [0.717, 1.165) is 0 Å². The van der Waals surface area contributed by atoms with E-state index in [1.54, 1.807) is 0 Å². The number of nitrogens with one attached hydrogen (secondary N) is 1. The van der Waals surface area contributed by atoms with Gasteiger partial charge in [0.2, 0.25) is 5.91 Å². The number of carbonyl (C=O) groups excluding carboxylic acids is 1. The molecule has 1 amide bonds. The molecule has 0 radical (unpaired) electrons. The van der Waals surface area contributed by atoms with Crippen molar-refractivity contribution in [2.75, 3.05) is 19.0 Å². The van der Waals surface area contributed by atoms with Gasteiger partial charge in [-0.05, 0) is 0 Å². The van der Waals surface area contributed by atoms with Crippen LogP contribution in [0.15, 0.2) is 0 Å². The SMILES string of the molecule is NCC(=O)NCCCl. The number of hydrogen-bond donors (Lipinski definition) is 2. The van der Waals surface area contributed by atoms with Crippen LogP contribution in [0.5, 0.6) is 0 Å². The van der Waals surface area contributed by atoms with Gasteiger partial charge in [0, 0.05) is 12.4 Å². The molecule has 0 heterocycles. The summed E-state index contributed by atoms with van der Waals surface area (Å²) in [7, 11) is 0. The number of halogens is 1. The van der Waals surface area contributed by atoms with Gasteiger partial charge < -0.3 is 11.1 Å². The largest absolute Gasteiger partial charge is 0.354 e. The average Bonchev–Trinajstić information content (AvgIpc) is 1.83. The molecule has 0 saturated heterocycles. The summed E-state index contributed by atoms with van der Waals surface area (Å²) in [4.78, 5) is 10.3. The third kappa shape index (κ3) is 3.89. The molecule has 0 fully saturated rings. The molecule has 0 aromatic rings. The monoisotopic (exact) mass is 136 g/mol. The first-order valence-electron chi connectivity index (χ1n) is 2.34. The molecule has 3 nitrogen and oxygen atoms in total. The Kier molecular flexibility index (Phi) is 4.70. The lowest BCUT2D eigenvalue weighted by Gasteiger charge is -1.96. The summed E-state index contributed by atoms with van der Waals surface area (Å²) in [5, 5.41) is 2.49. The zero-order chi connectivity index (χ0) is 6.41. The van der Waals surface area contributed by atoms with Gasteiger partial charge in [0.05, 0.1) is 6.54 Å². The fourth-order valence-corrected chi connectivity index (χ4v) is 0.353. The van der Waals surface area contributed by atoms with Crippen LogP contribution in [0, 0.1) is 0 Å². The normalized spacial score (nSPS) is 8.75. The minimum atomic E-state index is -0.161. The van der Waals surface area contributed by atoms with Crippen molar-refractivity contribution in [3.63, 3.8) is 0 Å². The lowest BCUT2D eigenvalue weighted by atomic mass is 10.6. The summed E-state index contributed by atoms with van der Waals surface area (Å²) in [6, 6.07) is 0. The zero-order valence-corrected chi connectivity index (χ0v) is 5.24. The van der Waals surface area contributed by atoms with Crippen molar-refractivity contribution in [1.29, 1.82) is 0 Å². The van der Waals surface area contributed by atoms with Gasteiger partial charge in [-0.15, -0.1) is 11.6 Å². The Morgan fingerprint density at radius 3 is 2.75 bits per heavy atom. The van der Waals surface area contributed by atoms with E-state index < -0.39 is 0 Å². The highest BCUT2D eigenvalue weighted by atomic mass is 35.5. The van der Waals surface area contributed by atoms with Crippen molar-refractivity contribution in [1.82, 2.24) is 5.32 Å². The van der Waals surface area contributed by atoms with Gasteiger partial charge in [0.25, 0.3) is 0 Å². The predicted molar refractivity (Wildman–Crippen MR) is 32.8 cm³/mol. The van der Waals surface area contributed by atoms with Crippen LogP contribution in [0.4, 0.5) is 0 Å². The molecule has 48 valence electrons. The lowest BCUT2D eigenvalue weighted by Crippen LogP contribution is -2.31. The van der Waals surface area contributed by atoms with Crippen LogP contribution in [0.3, 0.4) is 0 Å². The Morgan fingerprint density at radius 1 is 1.75 bits per heavy atom. The van der Waals surface area contributed by atoms with Gasteiger partial charge in [-0.3, -0.25) is 4.79 Å². The summed E-state index contributed by atoms with van der Waals surface area (Å²) >= 11 is 5.25. The molecule has 0 atom stereocenters. The summed E-state index contributed by atoms with van der Waals surface area (Å²) in [5.41, 5.74) is 4.96. The second-order valence-electron chi connectivity index (χ2n) is 1.24. The van der Waals surface area contributed by atoms with Gasteiger partial charge in [-0.2, -0.15) is 0 Å². The highest BCUT2D eigenvalue weighted by Crippen LogP contribution is 1.68. The topological polar surface area (TPSA) is 55.1 Å². The molecular formula is C4H9ClN2O. The van der Waals surface area contributed by atoms with Crippen molar-refractivity contribution in [3.8, 4) is 0 Å². The van der Waals surface area contributed by atoms with Crippen LogP contribution >= 0.6 is 11.6 Å². The zero-order valence-electron chi connectivity index (χ0n) is 4.48. The Labute approximate surface area is 53.2 Å². The molecule has 3 N–H and O–H groups in total. The molecule has 0 spiro atoms. The van der Waals surface area contributed by atoms with E-state index in [9.17, 15) is 4.79 Å². The van der Waals surface area contributed by atoms with Crippen molar-refractivity contribution in [2.45, 2.75) is 0 Å². The Morgan fingerprint density at radius 2 is 2.38 bits per heavy atom. The lowest BCUT2D eigenvalue weighted by molar-refractivity contribution is -0.119. The smallest absolute Gasteiger partial charge is 0.233 e. The van der Waals surface area contributed by atoms with Gasteiger partial charge in [0.15, 0.2) is 0 Å². The maximum Gasteiger partial charge on any atom is 0.233 e. The molecule has 8 heavy (non-hydrogen) atoms. The Bertz CT molecular complexity index is 76.4. The molecule has 0 saturated carbocycles. The summed E-state index contributed by atoms with van der Waals surface area (Å²) < 4.78 is 0. The first-order valence-corrected chi connectivity index (χ1v) is 2.87. The van der Waals surface area contributed by atoms with E-state index in [4.69, 9.17) is 17.3 Å². The molecule has 0 aliphatic carbocycles. The Hall–Kier alpha value is -0.280. The first kappa shape index (κ1) is 7.72. The van der Waals surface area contributed by atoms with E-state index >= 15 is 0 Å².